The van der Waals surface area contributed by atoms with Gasteiger partial charge in [0, 0.05) is 24.5 Å². The molecule has 0 bridgehead atoms. The second-order valence-corrected chi connectivity index (χ2v) is 10.7. The fourth-order valence-electron chi connectivity index (χ4n) is 5.29. The Kier molecular flexibility index (Phi) is 9.70. The van der Waals surface area contributed by atoms with E-state index in [4.69, 9.17) is 13.9 Å². The van der Waals surface area contributed by atoms with Gasteiger partial charge in [-0.3, -0.25) is 4.90 Å². The highest BCUT2D eigenvalue weighted by Gasteiger charge is 2.18. The molecule has 0 aliphatic carbocycles. The number of likely N-dealkylation sites (tertiary alicyclic amines) is 1. The monoisotopic (exact) mass is 558 g/mol. The van der Waals surface area contributed by atoms with Crippen LogP contribution in [0.2, 0.25) is 0 Å². The number of fused-ring (bicyclic) bond motifs is 1. The Balaban J connectivity index is 1.39. The van der Waals surface area contributed by atoms with Crippen LogP contribution in [0.25, 0.3) is 22.1 Å². The molecule has 216 valence electrons. The summed E-state index contributed by atoms with van der Waals surface area (Å²) in [4.78, 5) is 18.0. The summed E-state index contributed by atoms with van der Waals surface area (Å²) in [5, 5.41) is 0.823. The van der Waals surface area contributed by atoms with Crippen molar-refractivity contribution in [2.24, 2.45) is 0 Å². The Hall–Kier alpha value is -3.68. The molecule has 1 aliphatic heterocycles. The number of hydrogen-bond acceptors (Lipinski definition) is 6. The highest BCUT2D eigenvalue weighted by Crippen LogP contribution is 2.32. The summed E-state index contributed by atoms with van der Waals surface area (Å²) in [6.07, 6.45) is 4.37. The first-order valence-corrected chi connectivity index (χ1v) is 14.6. The van der Waals surface area contributed by atoms with E-state index in [2.05, 4.69) is 16.7 Å². The van der Waals surface area contributed by atoms with Crippen molar-refractivity contribution in [2.75, 3.05) is 53.0 Å². The maximum atomic E-state index is 13.7. The second-order valence-electron chi connectivity index (χ2n) is 10.7. The van der Waals surface area contributed by atoms with E-state index in [-0.39, 0.29) is 5.82 Å². The number of likely N-dealkylation sites (N-methyl/N-ethyl adjacent to an activating group) is 1. The normalized spacial score (nSPS) is 14.0. The number of piperidine rings is 1. The Morgan fingerprint density at radius 3 is 2.34 bits per heavy atom. The molecule has 4 aromatic rings. The van der Waals surface area contributed by atoms with Crippen molar-refractivity contribution in [3.05, 3.63) is 94.1 Å². The molecule has 0 saturated carbocycles. The molecule has 1 fully saturated rings. The Labute approximate surface area is 241 Å². The minimum Gasteiger partial charge on any atom is -0.492 e. The molecule has 0 radical (unpaired) electrons. The summed E-state index contributed by atoms with van der Waals surface area (Å²) < 4.78 is 31.5. The molecule has 1 aliphatic rings. The number of benzene rings is 3. The second kappa shape index (κ2) is 13.8. The van der Waals surface area contributed by atoms with Crippen LogP contribution in [0.4, 0.5) is 4.39 Å². The molecule has 41 heavy (non-hydrogen) atoms. The van der Waals surface area contributed by atoms with Crippen LogP contribution < -0.4 is 15.1 Å². The standard InChI is InChI=1S/C34H39FN2O4/c1-3-36(2)19-21-40-29-15-16-30-31(33(34(38)41-32(30)24-29)26-9-11-27(35)12-10-26)23-25-7-13-28(14-8-25)39-22-20-37-17-5-4-6-18-37/h7-16,24H,3-6,17-23H2,1-2H3. The lowest BCUT2D eigenvalue weighted by Gasteiger charge is -2.26. The van der Waals surface area contributed by atoms with E-state index in [1.54, 1.807) is 18.2 Å². The molecule has 1 aromatic heterocycles. The average molecular weight is 559 g/mol. The van der Waals surface area contributed by atoms with Crippen molar-refractivity contribution >= 4 is 11.0 Å². The molecule has 6 nitrogen and oxygen atoms in total. The third-order valence-corrected chi connectivity index (χ3v) is 7.83. The number of rotatable bonds is 12. The average Bonchev–Trinajstić information content (AvgIpc) is 2.99. The number of nitrogens with zero attached hydrogens (tertiary/aromatic N) is 2. The van der Waals surface area contributed by atoms with E-state index in [9.17, 15) is 9.18 Å². The summed E-state index contributed by atoms with van der Waals surface area (Å²) in [6, 6.07) is 19.6. The van der Waals surface area contributed by atoms with Crippen molar-refractivity contribution in [1.82, 2.24) is 9.80 Å². The molecule has 3 aromatic carbocycles. The summed E-state index contributed by atoms with van der Waals surface area (Å²) in [6.45, 7) is 8.29. The lowest BCUT2D eigenvalue weighted by atomic mass is 9.93. The Morgan fingerprint density at radius 1 is 0.902 bits per heavy atom. The van der Waals surface area contributed by atoms with E-state index >= 15 is 0 Å². The van der Waals surface area contributed by atoms with Gasteiger partial charge >= 0.3 is 5.63 Å². The quantitative estimate of drug-likeness (QED) is 0.188. The van der Waals surface area contributed by atoms with Gasteiger partial charge in [0.25, 0.3) is 0 Å². The molecule has 2 heterocycles. The molecule has 0 amide bonds. The van der Waals surface area contributed by atoms with Gasteiger partial charge in [0.2, 0.25) is 0 Å². The van der Waals surface area contributed by atoms with Crippen LogP contribution in [0.15, 0.2) is 75.9 Å². The summed E-state index contributed by atoms with van der Waals surface area (Å²) in [5.74, 6) is 1.13. The topological polar surface area (TPSA) is 55.2 Å². The fourth-order valence-corrected chi connectivity index (χ4v) is 5.29. The number of halogens is 1. The first kappa shape index (κ1) is 28.8. The lowest BCUT2D eigenvalue weighted by molar-refractivity contribution is 0.183. The van der Waals surface area contributed by atoms with Crippen molar-refractivity contribution in [2.45, 2.75) is 32.6 Å². The van der Waals surface area contributed by atoms with Crippen LogP contribution in [-0.4, -0.2) is 62.8 Å². The zero-order chi connectivity index (χ0) is 28.6. The van der Waals surface area contributed by atoms with Crippen LogP contribution in [0.3, 0.4) is 0 Å². The third kappa shape index (κ3) is 7.54. The zero-order valence-electron chi connectivity index (χ0n) is 24.0. The van der Waals surface area contributed by atoms with Gasteiger partial charge in [0.1, 0.15) is 36.1 Å². The van der Waals surface area contributed by atoms with Crippen molar-refractivity contribution in [3.63, 3.8) is 0 Å². The molecule has 0 spiro atoms. The molecule has 5 rings (SSSR count). The number of hydrogen-bond donors (Lipinski definition) is 0. The number of ether oxygens (including phenoxy) is 2. The summed E-state index contributed by atoms with van der Waals surface area (Å²) >= 11 is 0. The van der Waals surface area contributed by atoms with Gasteiger partial charge in [0.05, 0.1) is 5.56 Å². The highest BCUT2D eigenvalue weighted by atomic mass is 19.1. The smallest absolute Gasteiger partial charge is 0.344 e. The van der Waals surface area contributed by atoms with Crippen LogP contribution in [0, 0.1) is 5.82 Å². The van der Waals surface area contributed by atoms with Gasteiger partial charge in [-0.05, 0) is 99.0 Å². The van der Waals surface area contributed by atoms with Gasteiger partial charge in [-0.15, -0.1) is 0 Å². The van der Waals surface area contributed by atoms with Gasteiger partial charge in [0.15, 0.2) is 0 Å². The first-order chi connectivity index (χ1) is 20.0. The predicted molar refractivity (Wildman–Crippen MR) is 162 cm³/mol. The molecular formula is C34H39FN2O4. The lowest BCUT2D eigenvalue weighted by Crippen LogP contribution is -2.33. The minimum atomic E-state index is -0.459. The van der Waals surface area contributed by atoms with Crippen LogP contribution in [0.1, 0.15) is 37.3 Å². The predicted octanol–water partition coefficient (Wildman–Crippen LogP) is 6.39. The largest absolute Gasteiger partial charge is 0.492 e. The van der Waals surface area contributed by atoms with Gasteiger partial charge in [-0.25, -0.2) is 9.18 Å². The van der Waals surface area contributed by atoms with Crippen molar-refractivity contribution in [3.8, 4) is 22.6 Å². The highest BCUT2D eigenvalue weighted by molar-refractivity contribution is 5.88. The molecule has 0 unspecified atom stereocenters. The van der Waals surface area contributed by atoms with E-state index in [1.807, 2.05) is 43.4 Å². The van der Waals surface area contributed by atoms with E-state index in [0.717, 1.165) is 55.0 Å². The maximum absolute atomic E-state index is 13.7. The van der Waals surface area contributed by atoms with Crippen molar-refractivity contribution in [1.29, 1.82) is 0 Å². The van der Waals surface area contributed by atoms with E-state index in [0.29, 0.717) is 42.1 Å². The molecule has 0 N–H and O–H groups in total. The molecular weight excluding hydrogens is 519 g/mol. The zero-order valence-corrected chi connectivity index (χ0v) is 24.0. The molecule has 7 heteroatoms. The SMILES string of the molecule is CCN(C)CCOc1ccc2c(Cc3ccc(OCCN4CCCCC4)cc3)c(-c3ccc(F)cc3)c(=O)oc2c1. The van der Waals surface area contributed by atoms with Gasteiger partial charge in [-0.2, -0.15) is 0 Å². The van der Waals surface area contributed by atoms with Crippen LogP contribution >= 0.6 is 0 Å². The third-order valence-electron chi connectivity index (χ3n) is 7.83. The summed E-state index contributed by atoms with van der Waals surface area (Å²) in [7, 11) is 2.04. The van der Waals surface area contributed by atoms with Gasteiger partial charge in [-0.1, -0.05) is 37.6 Å². The first-order valence-electron chi connectivity index (χ1n) is 14.6. The van der Waals surface area contributed by atoms with E-state index in [1.165, 1.54) is 31.4 Å². The molecule has 0 atom stereocenters. The van der Waals surface area contributed by atoms with Gasteiger partial charge < -0.3 is 18.8 Å². The Morgan fingerprint density at radius 2 is 1.61 bits per heavy atom. The minimum absolute atomic E-state index is 0.355. The Bertz CT molecular complexity index is 1480. The van der Waals surface area contributed by atoms with E-state index < -0.39 is 5.63 Å². The van der Waals surface area contributed by atoms with Crippen molar-refractivity contribution < 1.29 is 18.3 Å². The molecule has 1 saturated heterocycles. The van der Waals surface area contributed by atoms with Crippen LogP contribution in [-0.2, 0) is 6.42 Å². The maximum Gasteiger partial charge on any atom is 0.344 e. The summed E-state index contributed by atoms with van der Waals surface area (Å²) in [5.41, 5.74) is 2.94. The van der Waals surface area contributed by atoms with Crippen LogP contribution in [0.5, 0.6) is 11.5 Å². The fraction of sp³-hybridized carbons (Fsp3) is 0.382.